The molecule has 0 unspecified atom stereocenters. The maximum Gasteiger partial charge on any atom is 0.122 e. The average Bonchev–Trinajstić information content (AvgIpc) is 2.75. The molecule has 1 aliphatic rings. The van der Waals surface area contributed by atoms with Crippen LogP contribution in [0.5, 0.6) is 11.5 Å². The van der Waals surface area contributed by atoms with E-state index in [2.05, 4.69) is 33.0 Å². The van der Waals surface area contributed by atoms with Crippen LogP contribution in [0.4, 0.5) is 0 Å². The molecule has 2 aromatic rings. The molecule has 0 N–H and O–H groups in total. The van der Waals surface area contributed by atoms with Gasteiger partial charge in [0.25, 0.3) is 0 Å². The van der Waals surface area contributed by atoms with E-state index in [4.69, 9.17) is 14.2 Å². The van der Waals surface area contributed by atoms with Crippen LogP contribution in [0.1, 0.15) is 17.5 Å². The highest BCUT2D eigenvalue weighted by molar-refractivity contribution is 5.38. The van der Waals surface area contributed by atoms with E-state index in [1.165, 1.54) is 11.1 Å². The third-order valence-electron chi connectivity index (χ3n) is 5.00. The lowest BCUT2D eigenvalue weighted by Crippen LogP contribution is -2.38. The second kappa shape index (κ2) is 11.0. The Bertz CT molecular complexity index is 683. The van der Waals surface area contributed by atoms with Gasteiger partial charge in [0.05, 0.1) is 27.4 Å². The molecule has 1 aromatic heterocycles. The van der Waals surface area contributed by atoms with E-state index in [1.807, 2.05) is 24.5 Å². The smallest absolute Gasteiger partial charge is 0.122 e. The van der Waals surface area contributed by atoms with Crippen molar-refractivity contribution >= 4 is 0 Å². The summed E-state index contributed by atoms with van der Waals surface area (Å²) in [7, 11) is 3.38. The van der Waals surface area contributed by atoms with Crippen molar-refractivity contribution in [1.82, 2.24) is 14.8 Å². The molecule has 2 heterocycles. The molecule has 0 saturated carbocycles. The highest BCUT2D eigenvalue weighted by atomic mass is 16.5. The number of aromatic nitrogens is 1. The Balaban J connectivity index is 1.64. The van der Waals surface area contributed by atoms with Crippen LogP contribution in [0.3, 0.4) is 0 Å². The van der Waals surface area contributed by atoms with Gasteiger partial charge in [0, 0.05) is 51.2 Å². The maximum atomic E-state index is 5.45. The summed E-state index contributed by atoms with van der Waals surface area (Å²) in [5.41, 5.74) is 2.41. The van der Waals surface area contributed by atoms with Gasteiger partial charge in [0.2, 0.25) is 0 Å². The van der Waals surface area contributed by atoms with Gasteiger partial charge in [-0.1, -0.05) is 6.07 Å². The normalized spacial score (nSPS) is 15.0. The molecule has 152 valence electrons. The molecule has 0 spiro atoms. The summed E-state index contributed by atoms with van der Waals surface area (Å²) in [6, 6.07) is 10.2. The molecule has 0 radical (unpaired) electrons. The number of rotatable bonds is 10. The predicted octanol–water partition coefficient (Wildman–Crippen LogP) is 2.82. The van der Waals surface area contributed by atoms with Crippen LogP contribution >= 0.6 is 0 Å². The Labute approximate surface area is 168 Å². The molecule has 1 aliphatic heterocycles. The minimum Gasteiger partial charge on any atom is -0.497 e. The molecule has 1 saturated heterocycles. The molecule has 1 fully saturated rings. The van der Waals surface area contributed by atoms with E-state index in [9.17, 15) is 0 Å². The monoisotopic (exact) mass is 385 g/mol. The van der Waals surface area contributed by atoms with Crippen molar-refractivity contribution < 1.29 is 14.2 Å². The number of methoxy groups -OCH3 is 2. The second-order valence-corrected chi connectivity index (χ2v) is 7.10. The number of benzene rings is 1. The Hall–Kier alpha value is -2.15. The highest BCUT2D eigenvalue weighted by Gasteiger charge is 2.13. The Morgan fingerprint density at radius 2 is 1.75 bits per heavy atom. The van der Waals surface area contributed by atoms with Crippen LogP contribution in [-0.2, 0) is 17.8 Å². The number of morpholine rings is 1. The molecule has 28 heavy (non-hydrogen) atoms. The van der Waals surface area contributed by atoms with E-state index in [0.29, 0.717) is 0 Å². The summed E-state index contributed by atoms with van der Waals surface area (Å²) in [6.45, 7) is 7.61. The van der Waals surface area contributed by atoms with Gasteiger partial charge < -0.3 is 14.2 Å². The Morgan fingerprint density at radius 3 is 2.39 bits per heavy atom. The molecule has 3 rings (SSSR count). The van der Waals surface area contributed by atoms with Gasteiger partial charge in [-0.15, -0.1) is 0 Å². The highest BCUT2D eigenvalue weighted by Crippen LogP contribution is 2.24. The first-order valence-corrected chi connectivity index (χ1v) is 9.90. The summed E-state index contributed by atoms with van der Waals surface area (Å²) in [5, 5.41) is 0. The first-order valence-electron chi connectivity index (χ1n) is 9.90. The van der Waals surface area contributed by atoms with E-state index in [1.54, 1.807) is 14.2 Å². The Morgan fingerprint density at radius 1 is 1.04 bits per heavy atom. The Kier molecular flexibility index (Phi) is 8.08. The van der Waals surface area contributed by atoms with Gasteiger partial charge in [0.1, 0.15) is 11.5 Å². The third kappa shape index (κ3) is 6.48. The minimum atomic E-state index is 0.823. The van der Waals surface area contributed by atoms with Crippen LogP contribution in [0.25, 0.3) is 0 Å². The largest absolute Gasteiger partial charge is 0.497 e. The quantitative estimate of drug-likeness (QED) is 0.627. The molecule has 0 aliphatic carbocycles. The molecule has 6 nitrogen and oxygen atoms in total. The number of hydrogen-bond acceptors (Lipinski definition) is 6. The van der Waals surface area contributed by atoms with Crippen molar-refractivity contribution in [2.45, 2.75) is 19.5 Å². The molecule has 6 heteroatoms. The van der Waals surface area contributed by atoms with Gasteiger partial charge in [-0.3, -0.25) is 14.8 Å². The number of nitrogens with zero attached hydrogens (tertiary/aromatic N) is 3. The van der Waals surface area contributed by atoms with Crippen molar-refractivity contribution in [3.05, 3.63) is 53.9 Å². The molecular weight excluding hydrogens is 354 g/mol. The van der Waals surface area contributed by atoms with E-state index >= 15 is 0 Å². The second-order valence-electron chi connectivity index (χ2n) is 7.10. The van der Waals surface area contributed by atoms with E-state index in [0.717, 1.165) is 70.4 Å². The van der Waals surface area contributed by atoms with Gasteiger partial charge in [-0.2, -0.15) is 0 Å². The molecule has 0 amide bonds. The summed E-state index contributed by atoms with van der Waals surface area (Å²) in [4.78, 5) is 9.21. The summed E-state index contributed by atoms with van der Waals surface area (Å²) < 4.78 is 16.3. The third-order valence-corrected chi connectivity index (χ3v) is 5.00. The molecule has 1 aromatic carbocycles. The van der Waals surface area contributed by atoms with Crippen LogP contribution in [0.15, 0.2) is 42.7 Å². The van der Waals surface area contributed by atoms with Crippen LogP contribution in [-0.4, -0.2) is 68.4 Å². The molecule has 0 bridgehead atoms. The minimum absolute atomic E-state index is 0.823. The van der Waals surface area contributed by atoms with Gasteiger partial charge in [-0.25, -0.2) is 0 Å². The zero-order chi connectivity index (χ0) is 19.6. The average molecular weight is 386 g/mol. The number of ether oxygens (including phenoxy) is 3. The zero-order valence-electron chi connectivity index (χ0n) is 17.0. The van der Waals surface area contributed by atoms with Crippen molar-refractivity contribution in [3.63, 3.8) is 0 Å². The van der Waals surface area contributed by atoms with E-state index < -0.39 is 0 Å². The number of hydrogen-bond donors (Lipinski definition) is 0. The fourth-order valence-corrected chi connectivity index (χ4v) is 3.52. The first-order chi connectivity index (χ1) is 13.8. The lowest BCUT2D eigenvalue weighted by atomic mass is 10.1. The van der Waals surface area contributed by atoms with E-state index in [-0.39, 0.29) is 0 Å². The first kappa shape index (κ1) is 20.6. The predicted molar refractivity (Wildman–Crippen MR) is 110 cm³/mol. The zero-order valence-corrected chi connectivity index (χ0v) is 17.0. The fourth-order valence-electron chi connectivity index (χ4n) is 3.52. The van der Waals surface area contributed by atoms with Crippen LogP contribution in [0, 0.1) is 0 Å². The van der Waals surface area contributed by atoms with Crippen LogP contribution < -0.4 is 9.47 Å². The topological polar surface area (TPSA) is 47.1 Å². The SMILES string of the molecule is COc1cc(CN(CCCN2CCOCC2)Cc2cccnc2)cc(OC)c1. The van der Waals surface area contributed by atoms with Gasteiger partial charge >= 0.3 is 0 Å². The van der Waals surface area contributed by atoms with Crippen molar-refractivity contribution in [2.75, 3.05) is 53.6 Å². The molecule has 0 atom stereocenters. The fraction of sp³-hybridized carbons (Fsp3) is 0.500. The van der Waals surface area contributed by atoms with Crippen LogP contribution in [0.2, 0.25) is 0 Å². The van der Waals surface area contributed by atoms with Crippen molar-refractivity contribution in [1.29, 1.82) is 0 Å². The lowest BCUT2D eigenvalue weighted by Gasteiger charge is -2.28. The van der Waals surface area contributed by atoms with Crippen molar-refractivity contribution in [3.8, 4) is 11.5 Å². The van der Waals surface area contributed by atoms with Crippen molar-refractivity contribution in [2.24, 2.45) is 0 Å². The van der Waals surface area contributed by atoms with Gasteiger partial charge in [-0.05, 0) is 42.3 Å². The van der Waals surface area contributed by atoms with Gasteiger partial charge in [0.15, 0.2) is 0 Å². The summed E-state index contributed by atoms with van der Waals surface area (Å²) in [5.74, 6) is 1.65. The lowest BCUT2D eigenvalue weighted by molar-refractivity contribution is 0.0359. The molecular formula is C22H31N3O3. The summed E-state index contributed by atoms with van der Waals surface area (Å²) in [6.07, 6.45) is 4.89. The summed E-state index contributed by atoms with van der Waals surface area (Å²) >= 11 is 0. The maximum absolute atomic E-state index is 5.45. The standard InChI is InChI=1S/C22H31N3O3/c1-26-21-13-20(14-22(15-21)27-2)18-25(17-19-5-3-6-23-16-19)8-4-7-24-9-11-28-12-10-24/h3,5-6,13-16H,4,7-12,17-18H2,1-2H3. The number of pyridine rings is 1.